The van der Waals surface area contributed by atoms with Gasteiger partial charge in [-0.05, 0) is 48.7 Å². The Hall–Kier alpha value is -3.61. The minimum Gasteiger partial charge on any atom is -0.497 e. The quantitative estimate of drug-likeness (QED) is 0.543. The molecular weight excluding hydrogens is 380 g/mol. The van der Waals surface area contributed by atoms with E-state index in [0.29, 0.717) is 24.4 Å². The molecule has 152 valence electrons. The molecule has 2 aromatic heterocycles. The van der Waals surface area contributed by atoms with E-state index in [2.05, 4.69) is 15.0 Å². The van der Waals surface area contributed by atoms with Crippen molar-refractivity contribution in [2.24, 2.45) is 0 Å². The second-order valence-electron chi connectivity index (χ2n) is 7.48. The second-order valence-corrected chi connectivity index (χ2v) is 7.48. The number of imidazole rings is 1. The number of aromatic amines is 1. The number of nitrogens with one attached hydrogen (secondary N) is 1. The number of aromatic nitrogens is 3. The summed E-state index contributed by atoms with van der Waals surface area (Å²) >= 11 is 0. The molecule has 4 aromatic rings. The number of likely N-dealkylation sites (tertiary alicyclic amines) is 1. The average Bonchev–Trinajstić information content (AvgIpc) is 3.52. The van der Waals surface area contributed by atoms with Gasteiger partial charge < -0.3 is 19.0 Å². The van der Waals surface area contributed by atoms with Gasteiger partial charge in [-0.25, -0.2) is 9.97 Å². The van der Waals surface area contributed by atoms with Crippen LogP contribution in [-0.2, 0) is 6.42 Å². The van der Waals surface area contributed by atoms with Crippen molar-refractivity contribution >= 4 is 16.9 Å². The number of ether oxygens (including phenoxy) is 1. The van der Waals surface area contributed by atoms with Crippen LogP contribution in [0.15, 0.2) is 59.4 Å². The molecule has 0 bridgehead atoms. The number of amides is 1. The van der Waals surface area contributed by atoms with E-state index in [1.807, 2.05) is 47.4 Å². The summed E-state index contributed by atoms with van der Waals surface area (Å²) in [7, 11) is 1.65. The average molecular weight is 402 g/mol. The number of methoxy groups -OCH3 is 1. The second kappa shape index (κ2) is 7.67. The number of oxazole rings is 1. The Morgan fingerprint density at radius 1 is 1.27 bits per heavy atom. The van der Waals surface area contributed by atoms with Gasteiger partial charge in [0.2, 0.25) is 5.89 Å². The fourth-order valence-electron chi connectivity index (χ4n) is 4.04. The molecule has 2 aromatic carbocycles. The molecule has 0 unspecified atom stereocenters. The number of carbonyl (C=O) groups is 1. The SMILES string of the molecule is COc1cccc(Cc2cnc([C@H]3CCCN3C(=O)c3ccc4nc[nH]c4c3)o2)c1. The molecule has 0 radical (unpaired) electrons. The molecule has 7 heteroatoms. The molecule has 1 fully saturated rings. The van der Waals surface area contributed by atoms with Crippen LogP contribution in [0, 0.1) is 0 Å². The maximum absolute atomic E-state index is 13.2. The topological polar surface area (TPSA) is 84.2 Å². The summed E-state index contributed by atoms with van der Waals surface area (Å²) in [6, 6.07) is 13.3. The summed E-state index contributed by atoms with van der Waals surface area (Å²) in [5, 5.41) is 0. The van der Waals surface area contributed by atoms with E-state index in [0.717, 1.165) is 40.9 Å². The number of nitrogens with zero attached hydrogens (tertiary/aromatic N) is 3. The third kappa shape index (κ3) is 3.43. The van der Waals surface area contributed by atoms with Gasteiger partial charge in [-0.3, -0.25) is 4.79 Å². The van der Waals surface area contributed by atoms with Crippen molar-refractivity contribution in [3.05, 3.63) is 77.8 Å². The fraction of sp³-hybridized carbons (Fsp3) is 0.261. The smallest absolute Gasteiger partial charge is 0.254 e. The molecule has 1 atom stereocenters. The zero-order chi connectivity index (χ0) is 20.5. The van der Waals surface area contributed by atoms with Crippen molar-refractivity contribution in [3.8, 4) is 5.75 Å². The summed E-state index contributed by atoms with van der Waals surface area (Å²) in [6.07, 6.45) is 5.79. The summed E-state index contributed by atoms with van der Waals surface area (Å²) in [4.78, 5) is 26.8. The molecular formula is C23H22N4O3. The number of carbonyl (C=O) groups excluding carboxylic acids is 1. The van der Waals surface area contributed by atoms with Crippen molar-refractivity contribution in [3.63, 3.8) is 0 Å². The molecule has 1 aliphatic heterocycles. The van der Waals surface area contributed by atoms with Crippen LogP contribution in [0.2, 0.25) is 0 Å². The van der Waals surface area contributed by atoms with E-state index < -0.39 is 0 Å². The Morgan fingerprint density at radius 2 is 2.20 bits per heavy atom. The maximum atomic E-state index is 13.2. The Balaban J connectivity index is 1.35. The van der Waals surface area contributed by atoms with Gasteiger partial charge in [0, 0.05) is 18.5 Å². The molecule has 0 saturated carbocycles. The lowest BCUT2D eigenvalue weighted by molar-refractivity contribution is 0.0714. The van der Waals surface area contributed by atoms with Crippen LogP contribution in [-0.4, -0.2) is 39.4 Å². The van der Waals surface area contributed by atoms with Gasteiger partial charge in [-0.1, -0.05) is 12.1 Å². The van der Waals surface area contributed by atoms with Crippen LogP contribution in [0.5, 0.6) is 5.75 Å². The van der Waals surface area contributed by atoms with Gasteiger partial charge in [0.1, 0.15) is 17.6 Å². The number of rotatable bonds is 5. The lowest BCUT2D eigenvalue weighted by atomic mass is 10.1. The lowest BCUT2D eigenvalue weighted by Crippen LogP contribution is -2.30. The zero-order valence-electron chi connectivity index (χ0n) is 16.7. The summed E-state index contributed by atoms with van der Waals surface area (Å²) in [5.74, 6) is 2.17. The molecule has 30 heavy (non-hydrogen) atoms. The van der Waals surface area contributed by atoms with Crippen LogP contribution in [0.3, 0.4) is 0 Å². The molecule has 0 spiro atoms. The van der Waals surface area contributed by atoms with E-state index in [4.69, 9.17) is 9.15 Å². The van der Waals surface area contributed by atoms with E-state index in [-0.39, 0.29) is 11.9 Å². The first-order chi connectivity index (χ1) is 14.7. The highest BCUT2D eigenvalue weighted by Gasteiger charge is 2.34. The number of fused-ring (bicyclic) bond motifs is 1. The third-order valence-electron chi connectivity index (χ3n) is 5.55. The van der Waals surface area contributed by atoms with Gasteiger partial charge in [0.05, 0.1) is 30.7 Å². The minimum atomic E-state index is -0.144. The Bertz CT molecular complexity index is 1200. The third-order valence-corrected chi connectivity index (χ3v) is 5.55. The molecule has 1 N–H and O–H groups in total. The van der Waals surface area contributed by atoms with E-state index in [1.165, 1.54) is 0 Å². The van der Waals surface area contributed by atoms with Crippen molar-refractivity contribution in [2.45, 2.75) is 25.3 Å². The number of benzene rings is 2. The summed E-state index contributed by atoms with van der Waals surface area (Å²) in [6.45, 7) is 0.693. The van der Waals surface area contributed by atoms with Gasteiger partial charge in [-0.15, -0.1) is 0 Å². The molecule has 0 aliphatic carbocycles. The molecule has 7 nitrogen and oxygen atoms in total. The largest absolute Gasteiger partial charge is 0.497 e. The van der Waals surface area contributed by atoms with E-state index in [9.17, 15) is 4.79 Å². The molecule has 1 saturated heterocycles. The Kier molecular flexibility index (Phi) is 4.71. The van der Waals surface area contributed by atoms with E-state index in [1.54, 1.807) is 19.6 Å². The molecule has 5 rings (SSSR count). The predicted octanol–water partition coefficient (Wildman–Crippen LogP) is 4.13. The van der Waals surface area contributed by atoms with Crippen molar-refractivity contribution in [1.82, 2.24) is 19.9 Å². The Labute approximate surface area is 173 Å². The van der Waals surface area contributed by atoms with Crippen LogP contribution in [0.1, 0.15) is 46.5 Å². The van der Waals surface area contributed by atoms with Gasteiger partial charge in [0.15, 0.2) is 0 Å². The molecule has 1 aliphatic rings. The predicted molar refractivity (Wildman–Crippen MR) is 111 cm³/mol. The monoisotopic (exact) mass is 402 g/mol. The van der Waals surface area contributed by atoms with Crippen LogP contribution < -0.4 is 4.74 Å². The molecule has 1 amide bonds. The normalized spacial score (nSPS) is 16.3. The van der Waals surface area contributed by atoms with Crippen molar-refractivity contribution < 1.29 is 13.9 Å². The first kappa shape index (κ1) is 18.4. The summed E-state index contributed by atoms with van der Waals surface area (Å²) < 4.78 is 11.3. The highest BCUT2D eigenvalue weighted by molar-refractivity contribution is 5.97. The van der Waals surface area contributed by atoms with E-state index >= 15 is 0 Å². The number of hydrogen-bond acceptors (Lipinski definition) is 5. The first-order valence-electron chi connectivity index (χ1n) is 10.0. The van der Waals surface area contributed by atoms with Gasteiger partial charge in [0.25, 0.3) is 5.91 Å². The van der Waals surface area contributed by atoms with Crippen LogP contribution >= 0.6 is 0 Å². The lowest BCUT2D eigenvalue weighted by Gasteiger charge is -2.22. The zero-order valence-corrected chi connectivity index (χ0v) is 16.7. The molecule has 3 heterocycles. The van der Waals surface area contributed by atoms with Crippen LogP contribution in [0.25, 0.3) is 11.0 Å². The Morgan fingerprint density at radius 3 is 3.10 bits per heavy atom. The first-order valence-corrected chi connectivity index (χ1v) is 10.0. The summed E-state index contributed by atoms with van der Waals surface area (Å²) in [5.41, 5.74) is 3.43. The van der Waals surface area contributed by atoms with Crippen molar-refractivity contribution in [2.75, 3.05) is 13.7 Å². The number of H-pyrrole nitrogens is 1. The minimum absolute atomic E-state index is 0.0125. The highest BCUT2D eigenvalue weighted by Crippen LogP contribution is 2.33. The number of hydrogen-bond donors (Lipinski definition) is 1. The fourth-order valence-corrected chi connectivity index (χ4v) is 4.04. The van der Waals surface area contributed by atoms with Crippen LogP contribution in [0.4, 0.5) is 0 Å². The van der Waals surface area contributed by atoms with Gasteiger partial charge >= 0.3 is 0 Å². The highest BCUT2D eigenvalue weighted by atomic mass is 16.5. The maximum Gasteiger partial charge on any atom is 0.254 e. The standard InChI is InChI=1S/C23H22N4O3/c1-29-17-5-2-4-15(10-17)11-18-13-24-22(30-18)21-6-3-9-27(21)23(28)16-7-8-19-20(12-16)26-14-25-19/h2,4-5,7-8,10,12-14,21H,3,6,9,11H2,1H3,(H,25,26)/t21-/m1/s1. The van der Waals surface area contributed by atoms with Crippen molar-refractivity contribution in [1.29, 1.82) is 0 Å². The van der Waals surface area contributed by atoms with Gasteiger partial charge in [-0.2, -0.15) is 0 Å².